The second kappa shape index (κ2) is 56.6. The third-order valence-electron chi connectivity index (χ3n) is 10.9. The zero-order valence-corrected chi connectivity index (χ0v) is 44.5. The molecule has 0 heterocycles. The highest BCUT2D eigenvalue weighted by atomic mass is 16.6. The Labute approximate surface area is 429 Å². The fourth-order valence-corrected chi connectivity index (χ4v) is 6.84. The Morgan fingerprint density at radius 2 is 0.629 bits per heavy atom. The average Bonchev–Trinajstić information content (AvgIpc) is 3.36. The molecule has 0 aliphatic carbocycles. The molecule has 0 radical (unpaired) electrons. The Kier molecular flexibility index (Phi) is 52.6. The first kappa shape index (κ1) is 65.0. The van der Waals surface area contributed by atoms with E-state index in [1.165, 1.54) is 19.3 Å². The van der Waals surface area contributed by atoms with Crippen LogP contribution < -0.4 is 0 Å². The van der Waals surface area contributed by atoms with Gasteiger partial charge in [0.2, 0.25) is 0 Å². The molecule has 0 N–H and O–H groups in total. The van der Waals surface area contributed by atoms with Gasteiger partial charge in [-0.3, -0.25) is 14.4 Å². The lowest BCUT2D eigenvalue weighted by atomic mass is 10.1. The summed E-state index contributed by atoms with van der Waals surface area (Å²) in [6, 6.07) is 0. The predicted octanol–water partition coefficient (Wildman–Crippen LogP) is 18.6. The number of allylic oxidation sites excluding steroid dienone is 26. The smallest absolute Gasteiger partial charge is 0.306 e. The highest BCUT2D eigenvalue weighted by Crippen LogP contribution is 2.12. The van der Waals surface area contributed by atoms with Crippen LogP contribution in [0.2, 0.25) is 0 Å². The number of ether oxygens (including phenoxy) is 3. The summed E-state index contributed by atoms with van der Waals surface area (Å²) in [6.45, 7) is 6.26. The van der Waals surface area contributed by atoms with Crippen molar-refractivity contribution >= 4 is 17.9 Å². The molecule has 0 spiro atoms. The van der Waals surface area contributed by atoms with Gasteiger partial charge in [0.1, 0.15) is 13.2 Å². The van der Waals surface area contributed by atoms with Crippen LogP contribution in [-0.4, -0.2) is 37.2 Å². The van der Waals surface area contributed by atoms with Crippen molar-refractivity contribution in [3.05, 3.63) is 158 Å². The maximum atomic E-state index is 12.8. The first-order chi connectivity index (χ1) is 34.5. The summed E-state index contributed by atoms with van der Waals surface area (Å²) in [6.07, 6.45) is 82.2. The summed E-state index contributed by atoms with van der Waals surface area (Å²) >= 11 is 0. The van der Waals surface area contributed by atoms with E-state index in [1.54, 1.807) is 0 Å². The van der Waals surface area contributed by atoms with Crippen LogP contribution in [0, 0.1) is 0 Å². The molecule has 0 aromatic carbocycles. The van der Waals surface area contributed by atoms with Crippen molar-refractivity contribution in [3.63, 3.8) is 0 Å². The molecule has 6 heteroatoms. The summed E-state index contributed by atoms with van der Waals surface area (Å²) in [4.78, 5) is 38.1. The quantitative estimate of drug-likeness (QED) is 0.0199. The lowest BCUT2D eigenvalue weighted by Crippen LogP contribution is -2.30. The lowest BCUT2D eigenvalue weighted by Gasteiger charge is -2.18. The van der Waals surface area contributed by atoms with Crippen molar-refractivity contribution in [2.45, 2.75) is 213 Å². The van der Waals surface area contributed by atoms with Gasteiger partial charge in [0, 0.05) is 19.3 Å². The van der Waals surface area contributed by atoms with Gasteiger partial charge in [-0.1, -0.05) is 237 Å². The molecule has 0 bridgehead atoms. The van der Waals surface area contributed by atoms with E-state index >= 15 is 0 Å². The minimum Gasteiger partial charge on any atom is -0.462 e. The van der Waals surface area contributed by atoms with Gasteiger partial charge in [-0.15, -0.1) is 0 Å². The monoisotopic (exact) mass is 963 g/mol. The topological polar surface area (TPSA) is 78.9 Å². The normalized spacial score (nSPS) is 13.4. The highest BCUT2D eigenvalue weighted by Gasteiger charge is 2.19. The Balaban J connectivity index is 4.58. The molecule has 0 aromatic heterocycles. The third kappa shape index (κ3) is 54.0. The number of unbranched alkanes of at least 4 members (excludes halogenated alkanes) is 16. The predicted molar refractivity (Wildman–Crippen MR) is 302 cm³/mol. The molecule has 0 aromatic rings. The van der Waals surface area contributed by atoms with Crippen LogP contribution in [0.1, 0.15) is 207 Å². The van der Waals surface area contributed by atoms with Crippen LogP contribution in [0.4, 0.5) is 0 Å². The lowest BCUT2D eigenvalue weighted by molar-refractivity contribution is -0.167. The van der Waals surface area contributed by atoms with Crippen molar-refractivity contribution in [2.24, 2.45) is 0 Å². The summed E-state index contributed by atoms with van der Waals surface area (Å²) in [7, 11) is 0. The zero-order chi connectivity index (χ0) is 50.7. The summed E-state index contributed by atoms with van der Waals surface area (Å²) in [5.74, 6) is -1.01. The zero-order valence-electron chi connectivity index (χ0n) is 44.5. The Hall–Kier alpha value is -4.97. The van der Waals surface area contributed by atoms with E-state index in [2.05, 4.69) is 154 Å². The number of carbonyl (C=O) groups is 3. The summed E-state index contributed by atoms with van der Waals surface area (Å²) < 4.78 is 16.8. The van der Waals surface area contributed by atoms with Crippen LogP contribution in [0.3, 0.4) is 0 Å². The highest BCUT2D eigenvalue weighted by molar-refractivity contribution is 5.71. The third-order valence-corrected chi connectivity index (χ3v) is 10.9. The molecule has 0 aliphatic heterocycles. The van der Waals surface area contributed by atoms with E-state index in [4.69, 9.17) is 14.2 Å². The van der Waals surface area contributed by atoms with Gasteiger partial charge in [-0.05, 0) is 109 Å². The van der Waals surface area contributed by atoms with E-state index < -0.39 is 6.10 Å². The Bertz CT molecular complexity index is 1620. The molecular weight excluding hydrogens is 865 g/mol. The molecule has 0 aliphatic rings. The standard InChI is InChI=1S/C64H98O6/c1-4-7-10-13-16-19-22-25-28-30-32-34-36-39-42-45-48-51-54-57-63(66)69-60-61(59-68-62(65)56-53-50-47-44-41-38-35-27-24-21-18-15-12-9-6-3)70-64(67)58-55-52-49-46-43-40-37-33-31-29-26-23-20-17-14-11-8-5-2/h7,9-10,12,15-21,23-29,31-35,37,39,42,61H,4-6,8,11,13-14,22,30,36,38,40-41,43-60H2,1-3H3/b10-7-,12-9-,18-15-,19-16-,20-17-,24-21-,26-23-,28-25-,31-29-,34-32-,35-27-,37-33-,42-39-. The SMILES string of the molecule is CC\C=C/C=C\C=C/C=C\CCCCCCCC(=O)OCC(COC(=O)CCCCC/C=C\C/C=C\C/C=C\C/C=C\C/C=C\CC)OC(=O)CCCCCCC\C=C/C=C\C=C/C=C\CCCCC. The van der Waals surface area contributed by atoms with Crippen molar-refractivity contribution in [1.82, 2.24) is 0 Å². The van der Waals surface area contributed by atoms with Crippen molar-refractivity contribution in [3.8, 4) is 0 Å². The second-order valence-corrected chi connectivity index (χ2v) is 17.6. The number of esters is 3. The molecule has 0 saturated heterocycles. The molecule has 0 amide bonds. The van der Waals surface area contributed by atoms with Crippen LogP contribution >= 0.6 is 0 Å². The van der Waals surface area contributed by atoms with Gasteiger partial charge in [0.25, 0.3) is 0 Å². The van der Waals surface area contributed by atoms with E-state index in [1.807, 2.05) is 24.3 Å². The maximum Gasteiger partial charge on any atom is 0.306 e. The summed E-state index contributed by atoms with van der Waals surface area (Å²) in [5, 5.41) is 0. The van der Waals surface area contributed by atoms with Gasteiger partial charge in [-0.2, -0.15) is 0 Å². The van der Waals surface area contributed by atoms with Crippen LogP contribution in [-0.2, 0) is 28.6 Å². The minimum atomic E-state index is -0.823. The largest absolute Gasteiger partial charge is 0.462 e. The molecule has 390 valence electrons. The van der Waals surface area contributed by atoms with E-state index in [-0.39, 0.29) is 37.5 Å². The van der Waals surface area contributed by atoms with E-state index in [0.717, 1.165) is 148 Å². The second-order valence-electron chi connectivity index (χ2n) is 17.6. The molecule has 0 rings (SSSR count). The van der Waals surface area contributed by atoms with Crippen LogP contribution in [0.5, 0.6) is 0 Å². The molecule has 70 heavy (non-hydrogen) atoms. The van der Waals surface area contributed by atoms with Crippen molar-refractivity contribution < 1.29 is 28.6 Å². The molecule has 1 atom stereocenters. The average molecular weight is 963 g/mol. The number of hydrogen-bond donors (Lipinski definition) is 0. The van der Waals surface area contributed by atoms with Crippen molar-refractivity contribution in [2.75, 3.05) is 13.2 Å². The first-order valence-electron chi connectivity index (χ1n) is 27.6. The number of hydrogen-bond acceptors (Lipinski definition) is 6. The molecule has 1 unspecified atom stereocenters. The fraction of sp³-hybridized carbons (Fsp3) is 0.547. The van der Waals surface area contributed by atoms with E-state index in [9.17, 15) is 14.4 Å². The van der Waals surface area contributed by atoms with Crippen LogP contribution in [0.15, 0.2) is 158 Å². The van der Waals surface area contributed by atoms with Gasteiger partial charge >= 0.3 is 17.9 Å². The van der Waals surface area contributed by atoms with Crippen molar-refractivity contribution in [1.29, 1.82) is 0 Å². The summed E-state index contributed by atoms with van der Waals surface area (Å²) in [5.41, 5.74) is 0. The van der Waals surface area contributed by atoms with Gasteiger partial charge in [0.05, 0.1) is 0 Å². The minimum absolute atomic E-state index is 0.119. The van der Waals surface area contributed by atoms with Gasteiger partial charge in [-0.25, -0.2) is 0 Å². The van der Waals surface area contributed by atoms with E-state index in [0.29, 0.717) is 12.8 Å². The number of carbonyl (C=O) groups excluding carboxylic acids is 3. The number of rotatable bonds is 47. The Morgan fingerprint density at radius 1 is 0.314 bits per heavy atom. The van der Waals surface area contributed by atoms with Gasteiger partial charge < -0.3 is 14.2 Å². The fourth-order valence-electron chi connectivity index (χ4n) is 6.84. The first-order valence-corrected chi connectivity index (χ1v) is 27.6. The van der Waals surface area contributed by atoms with Gasteiger partial charge in [0.15, 0.2) is 6.10 Å². The molecule has 0 saturated carbocycles. The van der Waals surface area contributed by atoms with Crippen LogP contribution in [0.25, 0.3) is 0 Å². The maximum absolute atomic E-state index is 12.8. The molecule has 6 nitrogen and oxygen atoms in total. The molecule has 0 fully saturated rings. The molecular formula is C64H98O6. The Morgan fingerprint density at radius 3 is 1.06 bits per heavy atom.